The lowest BCUT2D eigenvalue weighted by Gasteiger charge is -2.55. The highest BCUT2D eigenvalue weighted by Gasteiger charge is 2.54. The van der Waals surface area contributed by atoms with E-state index >= 15 is 0 Å². The van der Waals surface area contributed by atoms with E-state index in [0.29, 0.717) is 6.54 Å². The number of guanidine groups is 1. The molecule has 1 amide bonds. The summed E-state index contributed by atoms with van der Waals surface area (Å²) in [5.74, 6) is 2.54. The van der Waals surface area contributed by atoms with E-state index < -0.39 is 0 Å². The normalized spacial score (nSPS) is 32.5. The van der Waals surface area contributed by atoms with Crippen LogP contribution in [0.2, 0.25) is 0 Å². The van der Waals surface area contributed by atoms with Gasteiger partial charge in [0.15, 0.2) is 0 Å². The molecule has 5 rings (SSSR count). The Balaban J connectivity index is 1.50. The third-order valence-electron chi connectivity index (χ3n) is 6.74. The maximum Gasteiger partial charge on any atom is 0.232 e. The third kappa shape index (κ3) is 2.86. The Morgan fingerprint density at radius 1 is 1.16 bits per heavy atom. The molecule has 4 saturated carbocycles. The molecule has 4 aliphatic carbocycles. The first-order valence-electron chi connectivity index (χ1n) is 9.74. The minimum atomic E-state index is -0.202. The highest BCUT2D eigenvalue weighted by Crippen LogP contribution is 2.60. The number of anilines is 1. The van der Waals surface area contributed by atoms with Crippen molar-refractivity contribution in [1.82, 2.24) is 5.32 Å². The molecule has 25 heavy (non-hydrogen) atoms. The molecule has 1 aromatic rings. The number of aryl methyl sites for hydroxylation is 1. The second-order valence-electron chi connectivity index (χ2n) is 8.53. The summed E-state index contributed by atoms with van der Waals surface area (Å²) < 4.78 is 0. The van der Waals surface area contributed by atoms with Gasteiger partial charge in [0.1, 0.15) is 0 Å². The topological polar surface area (TPSA) is 56.2 Å². The highest BCUT2D eigenvalue weighted by molar-refractivity contribution is 6.05. The van der Waals surface area contributed by atoms with E-state index in [-0.39, 0.29) is 17.3 Å². The lowest BCUT2D eigenvalue weighted by Crippen LogP contribution is -2.56. The van der Waals surface area contributed by atoms with Crippen LogP contribution in [0.1, 0.15) is 51.0 Å². The van der Waals surface area contributed by atoms with Gasteiger partial charge in [-0.15, -0.1) is 0 Å². The van der Waals surface area contributed by atoms with Gasteiger partial charge in [-0.1, -0.05) is 18.2 Å². The number of nitrogens with one attached hydrogen (secondary N) is 2. The molecule has 134 valence electrons. The first-order chi connectivity index (χ1) is 12.0. The van der Waals surface area contributed by atoms with Crippen molar-refractivity contribution in [2.75, 3.05) is 11.4 Å². The van der Waals surface area contributed by atoms with Gasteiger partial charge in [-0.2, -0.15) is 0 Å². The Morgan fingerprint density at radius 3 is 2.24 bits per heavy atom. The monoisotopic (exact) mass is 339 g/mol. The van der Waals surface area contributed by atoms with Crippen molar-refractivity contribution in [2.45, 2.75) is 52.4 Å². The van der Waals surface area contributed by atoms with Crippen LogP contribution in [0.4, 0.5) is 5.69 Å². The van der Waals surface area contributed by atoms with Crippen molar-refractivity contribution in [3.05, 3.63) is 29.8 Å². The predicted molar refractivity (Wildman–Crippen MR) is 101 cm³/mol. The first-order valence-corrected chi connectivity index (χ1v) is 9.74. The van der Waals surface area contributed by atoms with E-state index in [9.17, 15) is 4.79 Å². The molecule has 4 nitrogen and oxygen atoms in total. The largest absolute Gasteiger partial charge is 0.313 e. The van der Waals surface area contributed by atoms with E-state index in [1.54, 1.807) is 0 Å². The minimum Gasteiger partial charge on any atom is -0.313 e. The second-order valence-corrected chi connectivity index (χ2v) is 8.53. The zero-order chi connectivity index (χ0) is 17.6. The number of hydrogen-bond acceptors (Lipinski definition) is 2. The number of hydrogen-bond donors (Lipinski definition) is 2. The number of amides is 1. The van der Waals surface area contributed by atoms with Crippen molar-refractivity contribution in [3.8, 4) is 0 Å². The minimum absolute atomic E-state index is 0.101. The van der Waals surface area contributed by atoms with E-state index in [1.807, 2.05) is 43.0 Å². The molecule has 4 bridgehead atoms. The van der Waals surface area contributed by atoms with Crippen molar-refractivity contribution >= 4 is 17.6 Å². The van der Waals surface area contributed by atoms with Crippen molar-refractivity contribution in [3.63, 3.8) is 0 Å². The molecule has 0 saturated heterocycles. The van der Waals surface area contributed by atoms with E-state index in [4.69, 9.17) is 5.41 Å². The van der Waals surface area contributed by atoms with Gasteiger partial charge < -0.3 is 4.90 Å². The van der Waals surface area contributed by atoms with E-state index in [1.165, 1.54) is 19.3 Å². The Hall–Kier alpha value is -1.84. The van der Waals surface area contributed by atoms with E-state index in [2.05, 4.69) is 5.32 Å². The Morgan fingerprint density at radius 2 is 1.72 bits per heavy atom. The van der Waals surface area contributed by atoms with Crippen molar-refractivity contribution in [1.29, 1.82) is 5.41 Å². The molecule has 0 atom stereocenters. The Labute approximate surface area is 150 Å². The summed E-state index contributed by atoms with van der Waals surface area (Å²) in [5, 5.41) is 11.5. The first kappa shape index (κ1) is 16.6. The number of benzene rings is 1. The molecule has 0 spiro atoms. The van der Waals surface area contributed by atoms with Crippen LogP contribution < -0.4 is 10.2 Å². The molecule has 4 aliphatic rings. The molecule has 0 unspecified atom stereocenters. The molecule has 0 heterocycles. The number of nitrogens with zero attached hydrogens (tertiary/aromatic N) is 1. The lowest BCUT2D eigenvalue weighted by atomic mass is 9.49. The zero-order valence-electron chi connectivity index (χ0n) is 15.3. The summed E-state index contributed by atoms with van der Waals surface area (Å²) >= 11 is 0. The molecule has 4 fully saturated rings. The van der Waals surface area contributed by atoms with Gasteiger partial charge in [0.2, 0.25) is 11.9 Å². The molecule has 0 aromatic heterocycles. The molecular weight excluding hydrogens is 310 g/mol. The van der Waals surface area contributed by atoms with Crippen LogP contribution in [0.5, 0.6) is 0 Å². The predicted octanol–water partition coefficient (Wildman–Crippen LogP) is 4.09. The molecule has 2 N–H and O–H groups in total. The summed E-state index contributed by atoms with van der Waals surface area (Å²) in [6.07, 6.45) is 7.09. The van der Waals surface area contributed by atoms with Crippen LogP contribution in [-0.4, -0.2) is 18.4 Å². The summed E-state index contributed by atoms with van der Waals surface area (Å²) in [6.45, 7) is 4.74. The fraction of sp³-hybridized carbons (Fsp3) is 0.619. The molecule has 0 aliphatic heterocycles. The molecule has 0 radical (unpaired) electrons. The maximum absolute atomic E-state index is 13.2. The van der Waals surface area contributed by atoms with Gasteiger partial charge in [0.05, 0.1) is 5.41 Å². The summed E-state index contributed by atoms with van der Waals surface area (Å²) in [5.41, 5.74) is 1.92. The van der Waals surface area contributed by atoms with Crippen LogP contribution in [0.3, 0.4) is 0 Å². The van der Waals surface area contributed by atoms with Crippen LogP contribution in [0.25, 0.3) is 0 Å². The molecule has 1 aromatic carbocycles. The fourth-order valence-corrected chi connectivity index (χ4v) is 6.01. The van der Waals surface area contributed by atoms with Crippen molar-refractivity contribution < 1.29 is 4.79 Å². The van der Waals surface area contributed by atoms with Crippen LogP contribution >= 0.6 is 0 Å². The van der Waals surface area contributed by atoms with Gasteiger partial charge in [-0.3, -0.25) is 15.5 Å². The van der Waals surface area contributed by atoms with Crippen LogP contribution in [0, 0.1) is 35.5 Å². The second kappa shape index (κ2) is 6.15. The summed E-state index contributed by atoms with van der Waals surface area (Å²) in [6, 6.07) is 8.06. The zero-order valence-corrected chi connectivity index (χ0v) is 15.3. The number of para-hydroxylation sites is 1. The number of rotatable bonds is 3. The smallest absolute Gasteiger partial charge is 0.232 e. The van der Waals surface area contributed by atoms with Gasteiger partial charge in [-0.05, 0) is 81.8 Å². The van der Waals surface area contributed by atoms with Gasteiger partial charge in [-0.25, -0.2) is 0 Å². The van der Waals surface area contributed by atoms with Crippen LogP contribution in [0.15, 0.2) is 24.3 Å². The van der Waals surface area contributed by atoms with Crippen LogP contribution in [-0.2, 0) is 4.79 Å². The SMILES string of the molecule is CCN(C(=N)NC(=O)C12CC3CC(CC(C3)C1)C2)c1ccccc1C. The standard InChI is InChI=1S/C21H29N3O/c1-3-24(18-7-5-4-6-14(18)2)20(22)23-19(25)21-11-15-8-16(12-21)10-17(9-15)13-21/h4-7,15-17H,3,8-13H2,1-2H3,(H2,22,23,25). The quantitative estimate of drug-likeness (QED) is 0.644. The number of carbonyl (C=O) groups excluding carboxylic acids is 1. The van der Waals surface area contributed by atoms with Gasteiger partial charge in [0.25, 0.3) is 0 Å². The van der Waals surface area contributed by atoms with Gasteiger partial charge >= 0.3 is 0 Å². The Bertz CT molecular complexity index is 661. The number of carbonyl (C=O) groups is 1. The fourth-order valence-electron chi connectivity index (χ4n) is 6.01. The lowest BCUT2D eigenvalue weighted by molar-refractivity contribution is -0.144. The summed E-state index contributed by atoms with van der Waals surface area (Å²) in [4.78, 5) is 15.1. The molecular formula is C21H29N3O. The Kier molecular flexibility index (Phi) is 4.09. The average molecular weight is 339 g/mol. The maximum atomic E-state index is 13.2. The molecule has 4 heteroatoms. The third-order valence-corrected chi connectivity index (χ3v) is 6.74. The summed E-state index contributed by atoms with van der Waals surface area (Å²) in [7, 11) is 0. The van der Waals surface area contributed by atoms with Crippen molar-refractivity contribution in [2.24, 2.45) is 23.2 Å². The van der Waals surface area contributed by atoms with Gasteiger partial charge in [0, 0.05) is 12.2 Å². The average Bonchev–Trinajstić information content (AvgIpc) is 2.56. The highest BCUT2D eigenvalue weighted by atomic mass is 16.2. The van der Waals surface area contributed by atoms with E-state index in [0.717, 1.165) is 48.3 Å².